The minimum Gasteiger partial charge on any atom is -0.364 e. The third-order valence-corrected chi connectivity index (χ3v) is 3.36. The lowest BCUT2D eigenvalue weighted by Gasteiger charge is -2.09. The van der Waals surface area contributed by atoms with Crippen LogP contribution >= 0.6 is 11.6 Å². The SMILES string of the molecule is CCn1cnc2nc(Cl)nc(NCc3ccccc3F)c21. The molecule has 0 fully saturated rings. The van der Waals surface area contributed by atoms with Crippen molar-refractivity contribution in [3.8, 4) is 0 Å². The first-order valence-electron chi connectivity index (χ1n) is 6.54. The second kappa shape index (κ2) is 5.65. The van der Waals surface area contributed by atoms with E-state index < -0.39 is 0 Å². The molecule has 0 aliphatic carbocycles. The molecule has 0 unspecified atom stereocenters. The van der Waals surface area contributed by atoms with Gasteiger partial charge in [-0.2, -0.15) is 9.97 Å². The van der Waals surface area contributed by atoms with Gasteiger partial charge in [-0.25, -0.2) is 9.37 Å². The highest BCUT2D eigenvalue weighted by atomic mass is 35.5. The fraction of sp³-hybridized carbons (Fsp3) is 0.214. The molecule has 1 aromatic carbocycles. The van der Waals surface area contributed by atoms with Crippen molar-refractivity contribution in [2.24, 2.45) is 0 Å². The Kier molecular flexibility index (Phi) is 3.70. The number of benzene rings is 1. The van der Waals surface area contributed by atoms with Crippen molar-refractivity contribution in [2.75, 3.05) is 5.32 Å². The van der Waals surface area contributed by atoms with Crippen molar-refractivity contribution in [2.45, 2.75) is 20.0 Å². The van der Waals surface area contributed by atoms with Gasteiger partial charge in [-0.1, -0.05) is 18.2 Å². The Morgan fingerprint density at radius 1 is 1.29 bits per heavy atom. The van der Waals surface area contributed by atoms with E-state index in [0.717, 1.165) is 12.1 Å². The van der Waals surface area contributed by atoms with E-state index in [-0.39, 0.29) is 11.1 Å². The van der Waals surface area contributed by atoms with Crippen LogP contribution in [-0.4, -0.2) is 19.5 Å². The summed E-state index contributed by atoms with van der Waals surface area (Å²) in [5.74, 6) is 0.290. The van der Waals surface area contributed by atoms with Crippen molar-refractivity contribution in [1.29, 1.82) is 0 Å². The smallest absolute Gasteiger partial charge is 0.226 e. The van der Waals surface area contributed by atoms with Crippen molar-refractivity contribution in [3.05, 3.63) is 47.3 Å². The lowest BCUT2D eigenvalue weighted by molar-refractivity contribution is 0.613. The first-order valence-corrected chi connectivity index (χ1v) is 6.92. The molecule has 3 rings (SSSR count). The summed E-state index contributed by atoms with van der Waals surface area (Å²) in [6.07, 6.45) is 1.68. The molecule has 0 amide bonds. The van der Waals surface area contributed by atoms with Crippen LogP contribution in [0.25, 0.3) is 11.2 Å². The predicted octanol–water partition coefficient (Wildman–Crippen LogP) is 3.25. The fourth-order valence-electron chi connectivity index (χ4n) is 2.14. The maximum atomic E-state index is 13.7. The fourth-order valence-corrected chi connectivity index (χ4v) is 2.30. The molecule has 21 heavy (non-hydrogen) atoms. The van der Waals surface area contributed by atoms with E-state index in [4.69, 9.17) is 11.6 Å². The maximum Gasteiger partial charge on any atom is 0.226 e. The van der Waals surface area contributed by atoms with Crippen LogP contribution in [0, 0.1) is 5.82 Å². The van der Waals surface area contributed by atoms with Crippen LogP contribution in [0.5, 0.6) is 0 Å². The first kappa shape index (κ1) is 13.8. The number of hydrogen-bond acceptors (Lipinski definition) is 4. The Labute approximate surface area is 125 Å². The number of nitrogens with zero attached hydrogens (tertiary/aromatic N) is 4. The molecule has 0 saturated heterocycles. The highest BCUT2D eigenvalue weighted by Crippen LogP contribution is 2.22. The van der Waals surface area contributed by atoms with Gasteiger partial charge >= 0.3 is 0 Å². The van der Waals surface area contributed by atoms with Crippen LogP contribution in [-0.2, 0) is 13.1 Å². The predicted molar refractivity (Wildman–Crippen MR) is 79.7 cm³/mol. The lowest BCUT2D eigenvalue weighted by atomic mass is 10.2. The summed E-state index contributed by atoms with van der Waals surface area (Å²) in [7, 11) is 0. The van der Waals surface area contributed by atoms with E-state index in [9.17, 15) is 4.39 Å². The Hall–Kier alpha value is -2.21. The number of aryl methyl sites for hydroxylation is 1. The summed E-state index contributed by atoms with van der Waals surface area (Å²) in [5, 5.41) is 3.22. The minimum atomic E-state index is -0.259. The molecule has 0 radical (unpaired) electrons. The van der Waals surface area contributed by atoms with Gasteiger partial charge in [0.1, 0.15) is 11.3 Å². The van der Waals surface area contributed by atoms with Gasteiger partial charge in [-0.05, 0) is 24.6 Å². The molecule has 0 aliphatic rings. The summed E-state index contributed by atoms with van der Waals surface area (Å²) in [4.78, 5) is 12.5. The molecule has 5 nitrogen and oxygen atoms in total. The number of imidazole rings is 1. The molecule has 1 N–H and O–H groups in total. The average Bonchev–Trinajstić information content (AvgIpc) is 2.89. The molecule has 0 spiro atoms. The summed E-state index contributed by atoms with van der Waals surface area (Å²) >= 11 is 5.90. The number of halogens is 2. The van der Waals surface area contributed by atoms with E-state index >= 15 is 0 Å². The van der Waals surface area contributed by atoms with E-state index in [1.165, 1.54) is 6.07 Å². The number of anilines is 1. The highest BCUT2D eigenvalue weighted by molar-refractivity contribution is 6.28. The topological polar surface area (TPSA) is 55.6 Å². The number of rotatable bonds is 4. The molecule has 0 bridgehead atoms. The summed E-state index contributed by atoms with van der Waals surface area (Å²) in [5.41, 5.74) is 1.84. The van der Waals surface area contributed by atoms with Gasteiger partial charge in [-0.3, -0.25) is 0 Å². The normalized spacial score (nSPS) is 11.0. The molecule has 3 aromatic rings. The van der Waals surface area contributed by atoms with Crippen molar-refractivity contribution in [3.63, 3.8) is 0 Å². The molecule has 2 heterocycles. The largest absolute Gasteiger partial charge is 0.364 e. The van der Waals surface area contributed by atoms with Crippen molar-refractivity contribution < 1.29 is 4.39 Å². The van der Waals surface area contributed by atoms with Crippen LogP contribution in [0.4, 0.5) is 10.2 Å². The molecule has 2 aromatic heterocycles. The Morgan fingerprint density at radius 2 is 2.10 bits per heavy atom. The zero-order chi connectivity index (χ0) is 14.8. The monoisotopic (exact) mass is 305 g/mol. The maximum absolute atomic E-state index is 13.7. The molecular weight excluding hydrogens is 293 g/mol. The summed E-state index contributed by atoms with van der Waals surface area (Å²) < 4.78 is 15.6. The second-order valence-corrected chi connectivity index (χ2v) is 4.83. The van der Waals surface area contributed by atoms with Crippen LogP contribution in [0.3, 0.4) is 0 Å². The van der Waals surface area contributed by atoms with Gasteiger partial charge in [0.2, 0.25) is 5.28 Å². The summed E-state index contributed by atoms with van der Waals surface area (Å²) in [6, 6.07) is 6.60. The standard InChI is InChI=1S/C14H13ClFN5/c1-2-21-8-18-13-11(21)12(19-14(15)20-13)17-7-9-5-3-4-6-10(9)16/h3-6,8H,2,7H2,1H3,(H,17,19,20). The molecular formula is C14H13ClFN5. The van der Waals surface area contributed by atoms with Crippen LogP contribution in [0.1, 0.15) is 12.5 Å². The van der Waals surface area contributed by atoms with Crippen molar-refractivity contribution in [1.82, 2.24) is 19.5 Å². The molecule has 108 valence electrons. The van der Waals surface area contributed by atoms with Crippen LogP contribution < -0.4 is 5.32 Å². The Morgan fingerprint density at radius 3 is 2.86 bits per heavy atom. The van der Waals surface area contributed by atoms with Gasteiger partial charge in [-0.15, -0.1) is 0 Å². The Balaban J connectivity index is 1.96. The third-order valence-electron chi connectivity index (χ3n) is 3.19. The quantitative estimate of drug-likeness (QED) is 0.752. The van der Waals surface area contributed by atoms with Gasteiger partial charge < -0.3 is 9.88 Å². The highest BCUT2D eigenvalue weighted by Gasteiger charge is 2.12. The van der Waals surface area contributed by atoms with Crippen LogP contribution in [0.2, 0.25) is 5.28 Å². The number of fused-ring (bicyclic) bond motifs is 1. The molecule has 7 heteroatoms. The van der Waals surface area contributed by atoms with E-state index in [1.54, 1.807) is 24.5 Å². The number of hydrogen-bond donors (Lipinski definition) is 1. The first-order chi connectivity index (χ1) is 10.2. The van der Waals surface area contributed by atoms with Crippen LogP contribution in [0.15, 0.2) is 30.6 Å². The third kappa shape index (κ3) is 2.67. The van der Waals surface area contributed by atoms with Crippen molar-refractivity contribution >= 4 is 28.6 Å². The van der Waals surface area contributed by atoms with E-state index in [2.05, 4.69) is 20.3 Å². The van der Waals surface area contributed by atoms with Gasteiger partial charge in [0, 0.05) is 18.7 Å². The summed E-state index contributed by atoms with van der Waals surface area (Å²) in [6.45, 7) is 3.04. The van der Waals surface area contributed by atoms with Gasteiger partial charge in [0.05, 0.1) is 6.33 Å². The molecule has 0 saturated carbocycles. The zero-order valence-corrected chi connectivity index (χ0v) is 12.1. The average molecular weight is 306 g/mol. The van der Waals surface area contributed by atoms with Gasteiger partial charge in [0.25, 0.3) is 0 Å². The van der Waals surface area contributed by atoms with E-state index in [0.29, 0.717) is 23.6 Å². The number of aromatic nitrogens is 4. The molecule has 0 atom stereocenters. The zero-order valence-electron chi connectivity index (χ0n) is 11.3. The second-order valence-electron chi connectivity index (χ2n) is 4.49. The number of nitrogens with one attached hydrogen (secondary N) is 1. The molecule has 0 aliphatic heterocycles. The van der Waals surface area contributed by atoms with Gasteiger partial charge in [0.15, 0.2) is 11.5 Å². The van der Waals surface area contributed by atoms with E-state index in [1.807, 2.05) is 11.5 Å². The lowest BCUT2D eigenvalue weighted by Crippen LogP contribution is -2.06. The Bertz CT molecular complexity index is 786. The minimum absolute atomic E-state index is 0.111.